The average molecular weight is 350 g/mol. The fraction of sp³-hybridized carbons (Fsp3) is 0.286. The van der Waals surface area contributed by atoms with Crippen molar-refractivity contribution in [3.8, 4) is 5.75 Å². The summed E-state index contributed by atoms with van der Waals surface area (Å²) in [4.78, 5) is 28.9. The molecule has 0 fully saturated rings. The zero-order valence-corrected chi connectivity index (χ0v) is 14.6. The highest BCUT2D eigenvalue weighted by Gasteiger charge is 2.20. The molecule has 3 rings (SSSR count). The van der Waals surface area contributed by atoms with Gasteiger partial charge in [-0.25, -0.2) is 0 Å². The molecule has 2 N–H and O–H groups in total. The Morgan fingerprint density at radius 2 is 1.85 bits per heavy atom. The molecule has 0 atom stereocenters. The number of hydrogen-bond donors (Lipinski definition) is 1. The van der Waals surface area contributed by atoms with Gasteiger partial charge in [-0.05, 0) is 36.7 Å². The van der Waals surface area contributed by atoms with Gasteiger partial charge in [0.05, 0.1) is 11.4 Å². The molecule has 0 saturated carbocycles. The third kappa shape index (κ3) is 4.43. The number of benzene rings is 2. The predicted octanol–water partition coefficient (Wildman–Crippen LogP) is 3.01. The Hall–Kier alpha value is -2.79. The van der Waals surface area contributed by atoms with E-state index in [0.29, 0.717) is 37.3 Å². The lowest BCUT2D eigenvalue weighted by atomic mass is 10.0. The van der Waals surface area contributed by atoms with Crippen LogP contribution >= 0.6 is 0 Å². The Balaban J connectivity index is 1.86. The molecule has 1 aliphatic heterocycles. The zero-order valence-electron chi connectivity index (χ0n) is 14.6. The van der Waals surface area contributed by atoms with Gasteiger partial charge in [-0.2, -0.15) is 0 Å². The SMILES string of the molecule is NCCCC(=O)COc1ccccc1C1=Nc2ccccc2CC(=O)C1. The molecule has 0 aromatic heterocycles. The van der Waals surface area contributed by atoms with Gasteiger partial charge in [0.15, 0.2) is 5.78 Å². The van der Waals surface area contributed by atoms with Gasteiger partial charge in [0.2, 0.25) is 0 Å². The van der Waals surface area contributed by atoms with Crippen LogP contribution in [0.5, 0.6) is 5.75 Å². The van der Waals surface area contributed by atoms with Crippen molar-refractivity contribution in [2.24, 2.45) is 10.7 Å². The summed E-state index contributed by atoms with van der Waals surface area (Å²) in [5, 5.41) is 0. The van der Waals surface area contributed by atoms with Crippen molar-refractivity contribution < 1.29 is 14.3 Å². The number of nitrogens with zero attached hydrogens (tertiary/aromatic N) is 1. The van der Waals surface area contributed by atoms with E-state index in [1.807, 2.05) is 42.5 Å². The first-order valence-electron chi connectivity index (χ1n) is 8.78. The molecule has 0 saturated heterocycles. The van der Waals surface area contributed by atoms with Gasteiger partial charge in [-0.1, -0.05) is 30.3 Å². The van der Waals surface area contributed by atoms with E-state index in [-0.39, 0.29) is 24.6 Å². The summed E-state index contributed by atoms with van der Waals surface area (Å²) in [6.07, 6.45) is 1.69. The Bertz CT molecular complexity index is 843. The lowest BCUT2D eigenvalue weighted by Gasteiger charge is -2.12. The summed E-state index contributed by atoms with van der Waals surface area (Å²) in [5.41, 5.74) is 8.60. The number of hydrogen-bond acceptors (Lipinski definition) is 5. The van der Waals surface area contributed by atoms with E-state index in [0.717, 1.165) is 16.8 Å². The molecule has 2 aromatic carbocycles. The minimum absolute atomic E-state index is 0.00513. The van der Waals surface area contributed by atoms with Gasteiger partial charge >= 0.3 is 0 Å². The first kappa shape index (κ1) is 18.0. The molecule has 5 nitrogen and oxygen atoms in total. The largest absolute Gasteiger partial charge is 0.485 e. The molecule has 0 amide bonds. The average Bonchev–Trinajstić information content (AvgIpc) is 2.82. The molecule has 5 heteroatoms. The normalized spacial score (nSPS) is 13.6. The first-order chi connectivity index (χ1) is 12.7. The number of carbonyl (C=O) groups is 2. The zero-order chi connectivity index (χ0) is 18.4. The number of Topliss-reactive ketones (excluding diaryl/α,β-unsaturated/α-hetero) is 2. The highest BCUT2D eigenvalue weighted by Crippen LogP contribution is 2.28. The van der Waals surface area contributed by atoms with Gasteiger partial charge in [0.25, 0.3) is 0 Å². The van der Waals surface area contributed by atoms with Gasteiger partial charge in [-0.15, -0.1) is 0 Å². The van der Waals surface area contributed by atoms with Crippen molar-refractivity contribution in [2.75, 3.05) is 13.2 Å². The number of fused-ring (bicyclic) bond motifs is 1. The van der Waals surface area contributed by atoms with E-state index in [1.54, 1.807) is 6.07 Å². The summed E-state index contributed by atoms with van der Waals surface area (Å²) in [5.74, 6) is 0.691. The second-order valence-corrected chi connectivity index (χ2v) is 6.30. The van der Waals surface area contributed by atoms with E-state index in [2.05, 4.69) is 0 Å². The van der Waals surface area contributed by atoms with Crippen LogP contribution in [0, 0.1) is 0 Å². The summed E-state index contributed by atoms with van der Waals surface area (Å²) >= 11 is 0. The van der Waals surface area contributed by atoms with Crippen LogP contribution in [0.4, 0.5) is 5.69 Å². The van der Waals surface area contributed by atoms with Gasteiger partial charge in [-0.3, -0.25) is 14.6 Å². The molecular weight excluding hydrogens is 328 g/mol. The Kier molecular flexibility index (Phi) is 5.92. The van der Waals surface area contributed by atoms with Crippen molar-refractivity contribution in [3.63, 3.8) is 0 Å². The molecule has 0 spiro atoms. The van der Waals surface area contributed by atoms with Crippen molar-refractivity contribution >= 4 is 23.0 Å². The first-order valence-corrected chi connectivity index (χ1v) is 8.78. The predicted molar refractivity (Wildman–Crippen MR) is 101 cm³/mol. The number of rotatable bonds is 7. The highest BCUT2D eigenvalue weighted by atomic mass is 16.5. The molecule has 1 heterocycles. The second-order valence-electron chi connectivity index (χ2n) is 6.30. The Morgan fingerprint density at radius 1 is 1.08 bits per heavy atom. The number of carbonyl (C=O) groups excluding carboxylic acids is 2. The Morgan fingerprint density at radius 3 is 2.69 bits per heavy atom. The number of aliphatic imine (C=N–C) groups is 1. The fourth-order valence-electron chi connectivity index (χ4n) is 2.93. The summed E-state index contributed by atoms with van der Waals surface area (Å²) in [6, 6.07) is 15.1. The molecule has 0 radical (unpaired) electrons. The van der Waals surface area contributed by atoms with Crippen molar-refractivity contribution in [3.05, 3.63) is 59.7 Å². The molecular formula is C21H22N2O3. The molecule has 134 valence electrons. The topological polar surface area (TPSA) is 81.8 Å². The Labute approximate surface area is 152 Å². The maximum atomic E-state index is 12.3. The van der Waals surface area contributed by atoms with Crippen LogP contribution in [-0.4, -0.2) is 30.4 Å². The monoisotopic (exact) mass is 350 g/mol. The maximum Gasteiger partial charge on any atom is 0.170 e. The third-order valence-electron chi connectivity index (χ3n) is 4.25. The smallest absolute Gasteiger partial charge is 0.170 e. The van der Waals surface area contributed by atoms with Gasteiger partial charge < -0.3 is 10.5 Å². The lowest BCUT2D eigenvalue weighted by molar-refractivity contribution is -0.121. The third-order valence-corrected chi connectivity index (χ3v) is 4.25. The number of para-hydroxylation sites is 2. The van der Waals surface area contributed by atoms with Crippen LogP contribution in [0.25, 0.3) is 0 Å². The van der Waals surface area contributed by atoms with E-state index < -0.39 is 0 Å². The van der Waals surface area contributed by atoms with Crippen LogP contribution in [-0.2, 0) is 16.0 Å². The van der Waals surface area contributed by atoms with Crippen LogP contribution in [0.15, 0.2) is 53.5 Å². The minimum atomic E-state index is -0.00513. The van der Waals surface area contributed by atoms with Crippen molar-refractivity contribution in [1.29, 1.82) is 0 Å². The summed E-state index contributed by atoms with van der Waals surface area (Å²) in [7, 11) is 0. The highest BCUT2D eigenvalue weighted by molar-refractivity contribution is 6.14. The second kappa shape index (κ2) is 8.54. The standard InChI is InChI=1S/C21H22N2O3/c22-11-5-7-16(24)14-26-21-10-4-2-8-18(21)20-13-17(25)12-15-6-1-3-9-19(15)23-20/h1-4,6,8-10H,5,7,11-14,22H2. The molecule has 0 aliphatic carbocycles. The minimum Gasteiger partial charge on any atom is -0.485 e. The van der Waals surface area contributed by atoms with Crippen LogP contribution in [0.2, 0.25) is 0 Å². The molecule has 1 aliphatic rings. The van der Waals surface area contributed by atoms with Crippen molar-refractivity contribution in [1.82, 2.24) is 0 Å². The lowest BCUT2D eigenvalue weighted by Crippen LogP contribution is -2.15. The van der Waals surface area contributed by atoms with Crippen LogP contribution in [0.3, 0.4) is 0 Å². The number of ketones is 2. The number of nitrogens with two attached hydrogens (primary N) is 1. The van der Waals surface area contributed by atoms with E-state index in [1.165, 1.54) is 0 Å². The van der Waals surface area contributed by atoms with E-state index in [9.17, 15) is 9.59 Å². The molecule has 0 unspecified atom stereocenters. The molecule has 2 aromatic rings. The maximum absolute atomic E-state index is 12.3. The quantitative estimate of drug-likeness (QED) is 0.832. The summed E-state index contributed by atoms with van der Waals surface area (Å²) in [6.45, 7) is 0.482. The van der Waals surface area contributed by atoms with E-state index in [4.69, 9.17) is 15.5 Å². The van der Waals surface area contributed by atoms with E-state index >= 15 is 0 Å². The van der Waals surface area contributed by atoms with Gasteiger partial charge in [0, 0.05) is 24.8 Å². The van der Waals surface area contributed by atoms with Crippen molar-refractivity contribution in [2.45, 2.75) is 25.7 Å². The van der Waals surface area contributed by atoms with Gasteiger partial charge in [0.1, 0.15) is 18.1 Å². The van der Waals surface area contributed by atoms with Crippen LogP contribution < -0.4 is 10.5 Å². The summed E-state index contributed by atoms with van der Waals surface area (Å²) < 4.78 is 5.73. The fourth-order valence-corrected chi connectivity index (χ4v) is 2.93. The molecule has 26 heavy (non-hydrogen) atoms. The molecule has 0 bridgehead atoms. The van der Waals surface area contributed by atoms with Crippen LogP contribution in [0.1, 0.15) is 30.4 Å². The number of ether oxygens (including phenoxy) is 1.